The first-order chi connectivity index (χ1) is 16.6. The van der Waals surface area contributed by atoms with Crippen molar-refractivity contribution in [1.82, 2.24) is 4.98 Å². The van der Waals surface area contributed by atoms with Crippen LogP contribution in [0.5, 0.6) is 0 Å². The lowest BCUT2D eigenvalue weighted by molar-refractivity contribution is 0.564. The Bertz CT molecular complexity index is 1530. The highest BCUT2D eigenvalue weighted by atomic mass is 14.6. The molecule has 2 aliphatic rings. The highest BCUT2D eigenvalue weighted by Gasteiger charge is 2.54. The van der Waals surface area contributed by atoms with Crippen LogP contribution in [0.4, 0.5) is 0 Å². The average Bonchev–Trinajstić information content (AvgIpc) is 3.19. The molecule has 4 aromatic carbocycles. The van der Waals surface area contributed by atoms with Crippen molar-refractivity contribution in [2.75, 3.05) is 0 Å². The van der Waals surface area contributed by atoms with Crippen LogP contribution in [-0.4, -0.2) is 4.98 Å². The fourth-order valence-electron chi connectivity index (χ4n) is 6.67. The molecule has 7 rings (SSSR count). The maximum Gasteiger partial charge on any atom is 0.0725 e. The zero-order valence-electron chi connectivity index (χ0n) is 19.4. The van der Waals surface area contributed by atoms with Gasteiger partial charge in [-0.2, -0.15) is 0 Å². The second-order valence-corrected chi connectivity index (χ2v) is 9.98. The molecule has 0 aliphatic heterocycles. The third-order valence-electron chi connectivity index (χ3n) is 8.04. The molecule has 0 bridgehead atoms. The van der Waals surface area contributed by atoms with E-state index in [4.69, 9.17) is 0 Å². The van der Waals surface area contributed by atoms with E-state index in [9.17, 15) is 0 Å². The molecule has 0 saturated heterocycles. The maximum atomic E-state index is 4.49. The third kappa shape index (κ3) is 2.27. The summed E-state index contributed by atoms with van der Waals surface area (Å²) in [6.07, 6.45) is 3.86. The minimum atomic E-state index is -0.374. The standard InChI is InChI=1S/C33H25N/c1-32(2)28-17-7-8-18-29(28)33(26-15-5-3-12-24(26)25-13-4-6-16-27(25)33)31-23(14-9-19-30(31)32)22-11-10-20-34-21-22/h3-21H,1-2H3. The molecular formula is C33H25N. The molecule has 1 heterocycles. The summed E-state index contributed by atoms with van der Waals surface area (Å²) in [5, 5.41) is 0. The molecule has 0 amide bonds. The quantitative estimate of drug-likeness (QED) is 0.257. The van der Waals surface area contributed by atoms with Gasteiger partial charge in [0.05, 0.1) is 5.41 Å². The minimum absolute atomic E-state index is 0.123. The van der Waals surface area contributed by atoms with Gasteiger partial charge >= 0.3 is 0 Å². The van der Waals surface area contributed by atoms with Crippen molar-refractivity contribution in [3.63, 3.8) is 0 Å². The zero-order chi connectivity index (χ0) is 22.9. The van der Waals surface area contributed by atoms with Crippen molar-refractivity contribution in [2.45, 2.75) is 24.7 Å². The summed E-state index contributed by atoms with van der Waals surface area (Å²) in [6, 6.07) is 38.2. The second kappa shape index (κ2) is 6.77. The van der Waals surface area contributed by atoms with Crippen molar-refractivity contribution in [3.05, 3.63) is 149 Å². The van der Waals surface area contributed by atoms with Crippen LogP contribution in [0, 0.1) is 0 Å². The molecule has 0 atom stereocenters. The topological polar surface area (TPSA) is 12.9 Å². The van der Waals surface area contributed by atoms with Crippen molar-refractivity contribution in [2.24, 2.45) is 0 Å². The van der Waals surface area contributed by atoms with E-state index in [0.717, 1.165) is 5.56 Å². The van der Waals surface area contributed by atoms with Crippen molar-refractivity contribution < 1.29 is 0 Å². The summed E-state index contributed by atoms with van der Waals surface area (Å²) in [5.74, 6) is 0. The largest absolute Gasteiger partial charge is 0.264 e. The number of pyridine rings is 1. The minimum Gasteiger partial charge on any atom is -0.264 e. The molecular weight excluding hydrogens is 410 g/mol. The number of hydrogen-bond donors (Lipinski definition) is 0. The van der Waals surface area contributed by atoms with Gasteiger partial charge < -0.3 is 0 Å². The number of fused-ring (bicyclic) bond motifs is 9. The van der Waals surface area contributed by atoms with Crippen LogP contribution >= 0.6 is 0 Å². The maximum absolute atomic E-state index is 4.49. The van der Waals surface area contributed by atoms with E-state index in [1.807, 2.05) is 18.5 Å². The molecule has 0 unspecified atom stereocenters. The zero-order valence-corrected chi connectivity index (χ0v) is 19.4. The Morgan fingerprint density at radius 1 is 0.500 bits per heavy atom. The SMILES string of the molecule is CC1(C)c2ccccc2C2(c3ccccc3-c3ccccc32)c2c(-c3cccnc3)cccc21. The van der Waals surface area contributed by atoms with Crippen LogP contribution < -0.4 is 0 Å². The molecule has 1 nitrogen and oxygen atoms in total. The Balaban J connectivity index is 1.75. The number of hydrogen-bond acceptors (Lipinski definition) is 1. The molecule has 0 saturated carbocycles. The first-order valence-corrected chi connectivity index (χ1v) is 12.0. The van der Waals surface area contributed by atoms with E-state index < -0.39 is 0 Å². The predicted molar refractivity (Wildman–Crippen MR) is 139 cm³/mol. The summed E-state index contributed by atoms with van der Waals surface area (Å²) in [7, 11) is 0. The Kier molecular flexibility index (Phi) is 3.88. The van der Waals surface area contributed by atoms with Crippen LogP contribution in [0.25, 0.3) is 22.3 Å². The van der Waals surface area contributed by atoms with Gasteiger partial charge in [-0.05, 0) is 56.1 Å². The highest BCUT2D eigenvalue weighted by molar-refractivity contribution is 5.91. The molecule has 2 aliphatic carbocycles. The lowest BCUT2D eigenvalue weighted by Gasteiger charge is -2.47. The summed E-state index contributed by atoms with van der Waals surface area (Å²) >= 11 is 0. The van der Waals surface area contributed by atoms with E-state index in [1.54, 1.807) is 0 Å². The molecule has 34 heavy (non-hydrogen) atoms. The van der Waals surface area contributed by atoms with E-state index >= 15 is 0 Å². The highest BCUT2D eigenvalue weighted by Crippen LogP contribution is 2.63. The molecule has 5 aromatic rings. The number of rotatable bonds is 1. The molecule has 0 fully saturated rings. The number of nitrogens with zero attached hydrogens (tertiary/aromatic N) is 1. The average molecular weight is 436 g/mol. The van der Waals surface area contributed by atoms with Gasteiger partial charge in [0.15, 0.2) is 0 Å². The molecule has 1 aromatic heterocycles. The van der Waals surface area contributed by atoms with Gasteiger partial charge in [0.25, 0.3) is 0 Å². The van der Waals surface area contributed by atoms with Crippen molar-refractivity contribution in [1.29, 1.82) is 0 Å². The molecule has 0 N–H and O–H groups in total. The Morgan fingerprint density at radius 2 is 1.06 bits per heavy atom. The monoisotopic (exact) mass is 435 g/mol. The lowest BCUT2D eigenvalue weighted by atomic mass is 9.54. The summed E-state index contributed by atoms with van der Waals surface area (Å²) in [4.78, 5) is 4.49. The Labute approximate surface area is 200 Å². The van der Waals surface area contributed by atoms with Gasteiger partial charge in [-0.1, -0.05) is 111 Å². The fourth-order valence-corrected chi connectivity index (χ4v) is 6.67. The normalized spacial score (nSPS) is 15.8. The second-order valence-electron chi connectivity index (χ2n) is 9.98. The fraction of sp³-hybridized carbons (Fsp3) is 0.121. The first-order valence-electron chi connectivity index (χ1n) is 12.0. The molecule has 162 valence electrons. The van der Waals surface area contributed by atoms with E-state index in [0.29, 0.717) is 0 Å². The van der Waals surface area contributed by atoms with Crippen LogP contribution in [0.3, 0.4) is 0 Å². The van der Waals surface area contributed by atoms with Crippen LogP contribution in [0.15, 0.2) is 116 Å². The molecule has 0 radical (unpaired) electrons. The van der Waals surface area contributed by atoms with Gasteiger partial charge in [0.2, 0.25) is 0 Å². The number of benzene rings is 4. The summed E-state index contributed by atoms with van der Waals surface area (Å²) < 4.78 is 0. The summed E-state index contributed by atoms with van der Waals surface area (Å²) in [5.41, 5.74) is 12.9. The van der Waals surface area contributed by atoms with Gasteiger partial charge in [0.1, 0.15) is 0 Å². The Morgan fingerprint density at radius 3 is 1.71 bits per heavy atom. The smallest absolute Gasteiger partial charge is 0.0725 e. The van der Waals surface area contributed by atoms with Crippen LogP contribution in [-0.2, 0) is 10.8 Å². The van der Waals surface area contributed by atoms with E-state index in [1.165, 1.54) is 50.1 Å². The number of aromatic nitrogens is 1. The van der Waals surface area contributed by atoms with Gasteiger partial charge in [-0.3, -0.25) is 4.98 Å². The molecule has 1 heteroatoms. The van der Waals surface area contributed by atoms with Gasteiger partial charge in [0, 0.05) is 23.4 Å². The van der Waals surface area contributed by atoms with Crippen LogP contribution in [0.1, 0.15) is 47.2 Å². The first kappa shape index (κ1) is 19.5. The molecule has 1 spiro atoms. The summed E-state index contributed by atoms with van der Waals surface area (Å²) in [6.45, 7) is 4.74. The van der Waals surface area contributed by atoms with Gasteiger partial charge in [-0.25, -0.2) is 0 Å². The van der Waals surface area contributed by atoms with Crippen LogP contribution in [0.2, 0.25) is 0 Å². The van der Waals surface area contributed by atoms with Crippen molar-refractivity contribution in [3.8, 4) is 22.3 Å². The third-order valence-corrected chi connectivity index (χ3v) is 8.04. The van der Waals surface area contributed by atoms with Crippen molar-refractivity contribution >= 4 is 0 Å². The lowest BCUT2D eigenvalue weighted by Crippen LogP contribution is -2.41. The van der Waals surface area contributed by atoms with Gasteiger partial charge in [-0.15, -0.1) is 0 Å². The van der Waals surface area contributed by atoms with E-state index in [-0.39, 0.29) is 10.8 Å². The predicted octanol–water partition coefficient (Wildman–Crippen LogP) is 7.75. The Hall–Kier alpha value is -3.97. The van der Waals surface area contributed by atoms with E-state index in [2.05, 4.69) is 116 Å².